The minimum atomic E-state index is -0.755. The van der Waals surface area contributed by atoms with Crippen LogP contribution in [-0.4, -0.2) is 33.7 Å². The van der Waals surface area contributed by atoms with Crippen molar-refractivity contribution in [2.24, 2.45) is 5.73 Å². The van der Waals surface area contributed by atoms with E-state index in [-0.39, 0.29) is 16.8 Å². The largest absolute Gasteiger partial charge is 0.496 e. The molecule has 2 aromatic heterocycles. The van der Waals surface area contributed by atoms with Crippen LogP contribution in [0.4, 0.5) is 10.1 Å². The Balaban J connectivity index is 1.66. The molecule has 0 bridgehead atoms. The molecule has 10 heteroatoms. The number of anilines is 1. The molecular formula is C25H21FN6O3. The summed E-state index contributed by atoms with van der Waals surface area (Å²) in [5.74, 6) is -1.35. The Morgan fingerprint density at radius 2 is 1.97 bits per heavy atom. The lowest BCUT2D eigenvalue weighted by Crippen LogP contribution is -2.18. The van der Waals surface area contributed by atoms with Crippen LogP contribution in [-0.2, 0) is 6.54 Å². The van der Waals surface area contributed by atoms with Gasteiger partial charge in [0.1, 0.15) is 17.3 Å². The van der Waals surface area contributed by atoms with Crippen LogP contribution >= 0.6 is 0 Å². The van der Waals surface area contributed by atoms with Crippen LogP contribution in [0.2, 0.25) is 0 Å². The molecule has 9 nitrogen and oxygen atoms in total. The number of nitrogens with two attached hydrogens (primary N) is 1. The van der Waals surface area contributed by atoms with E-state index < -0.39 is 17.6 Å². The molecule has 0 fully saturated rings. The van der Waals surface area contributed by atoms with E-state index in [0.717, 1.165) is 11.6 Å². The number of carbonyl (C=O) groups excluding carboxylic acids is 2. The van der Waals surface area contributed by atoms with Crippen molar-refractivity contribution < 1.29 is 18.7 Å². The smallest absolute Gasteiger partial charge is 0.274 e. The van der Waals surface area contributed by atoms with Crippen LogP contribution in [0.25, 0.3) is 10.9 Å². The average Bonchev–Trinajstić information content (AvgIpc) is 3.10. The highest BCUT2D eigenvalue weighted by molar-refractivity contribution is 6.10. The van der Waals surface area contributed by atoms with Gasteiger partial charge < -0.3 is 15.8 Å². The quantitative estimate of drug-likeness (QED) is 0.441. The molecule has 0 unspecified atom stereocenters. The zero-order chi connectivity index (χ0) is 25.3. The average molecular weight is 472 g/mol. The topological polar surface area (TPSA) is 136 Å². The van der Waals surface area contributed by atoms with Gasteiger partial charge in [0.05, 0.1) is 53.4 Å². The third-order valence-corrected chi connectivity index (χ3v) is 5.63. The van der Waals surface area contributed by atoms with Crippen molar-refractivity contribution in [2.45, 2.75) is 20.4 Å². The monoisotopic (exact) mass is 472 g/mol. The number of aryl methyl sites for hydroxylation is 1. The Bertz CT molecular complexity index is 1540. The number of benzene rings is 2. The highest BCUT2D eigenvalue weighted by Gasteiger charge is 2.20. The maximum absolute atomic E-state index is 13.7. The number of nitrogens with one attached hydrogen (secondary N) is 1. The summed E-state index contributed by atoms with van der Waals surface area (Å²) in [6.45, 7) is 3.88. The number of methoxy groups -OCH3 is 1. The van der Waals surface area contributed by atoms with E-state index in [1.54, 1.807) is 36.7 Å². The van der Waals surface area contributed by atoms with E-state index in [1.165, 1.54) is 25.3 Å². The van der Waals surface area contributed by atoms with Crippen LogP contribution in [0.1, 0.15) is 43.4 Å². The van der Waals surface area contributed by atoms with E-state index in [9.17, 15) is 14.0 Å². The van der Waals surface area contributed by atoms with Gasteiger partial charge >= 0.3 is 0 Å². The van der Waals surface area contributed by atoms with E-state index in [0.29, 0.717) is 40.3 Å². The minimum absolute atomic E-state index is 0.0669. The number of ether oxygens (including phenoxy) is 1. The number of halogens is 1. The summed E-state index contributed by atoms with van der Waals surface area (Å²) >= 11 is 0. The molecule has 2 aromatic carbocycles. The first-order chi connectivity index (χ1) is 16.7. The maximum atomic E-state index is 13.7. The molecule has 35 heavy (non-hydrogen) atoms. The second-order valence-electron chi connectivity index (χ2n) is 7.88. The van der Waals surface area contributed by atoms with Crippen molar-refractivity contribution in [2.75, 3.05) is 12.4 Å². The molecule has 0 atom stereocenters. The molecule has 0 saturated heterocycles. The number of nitriles is 1. The van der Waals surface area contributed by atoms with Crippen molar-refractivity contribution >= 4 is 28.4 Å². The number of hydrogen-bond acceptors (Lipinski definition) is 6. The van der Waals surface area contributed by atoms with Crippen LogP contribution in [0.5, 0.6) is 5.75 Å². The number of amides is 2. The molecule has 0 radical (unpaired) electrons. The van der Waals surface area contributed by atoms with Gasteiger partial charge in [-0.15, -0.1) is 0 Å². The van der Waals surface area contributed by atoms with Gasteiger partial charge in [-0.05, 0) is 44.2 Å². The van der Waals surface area contributed by atoms with Crippen LogP contribution in [0.15, 0.2) is 42.5 Å². The number of fused-ring (bicyclic) bond motifs is 1. The fraction of sp³-hybridized carbons (Fsp3) is 0.160. The van der Waals surface area contributed by atoms with Gasteiger partial charge in [0.2, 0.25) is 5.91 Å². The van der Waals surface area contributed by atoms with Crippen molar-refractivity contribution in [1.82, 2.24) is 14.8 Å². The predicted octanol–water partition coefficient (Wildman–Crippen LogP) is 3.47. The van der Waals surface area contributed by atoms with Crippen molar-refractivity contribution in [1.29, 1.82) is 5.26 Å². The number of primary amides is 1. The second kappa shape index (κ2) is 9.23. The van der Waals surface area contributed by atoms with E-state index in [2.05, 4.69) is 21.5 Å². The van der Waals surface area contributed by atoms with Crippen LogP contribution in [0.3, 0.4) is 0 Å². The molecule has 0 spiro atoms. The lowest BCUT2D eigenvalue weighted by Gasteiger charge is -2.11. The Hall–Kier alpha value is -4.78. The summed E-state index contributed by atoms with van der Waals surface area (Å²) in [7, 11) is 1.52. The van der Waals surface area contributed by atoms with E-state index in [1.807, 2.05) is 0 Å². The first-order valence-electron chi connectivity index (χ1n) is 10.5. The third kappa shape index (κ3) is 4.52. The zero-order valence-electron chi connectivity index (χ0n) is 19.2. The number of carbonyl (C=O) groups is 2. The van der Waals surface area contributed by atoms with Gasteiger partial charge in [0.15, 0.2) is 0 Å². The first kappa shape index (κ1) is 23.4. The molecule has 0 aliphatic rings. The summed E-state index contributed by atoms with van der Waals surface area (Å²) in [6.07, 6.45) is 0. The van der Waals surface area contributed by atoms with E-state index >= 15 is 0 Å². The number of nitrogens with zero attached hydrogens (tertiary/aromatic N) is 4. The summed E-state index contributed by atoms with van der Waals surface area (Å²) < 4.78 is 20.8. The van der Waals surface area contributed by atoms with Crippen LogP contribution < -0.4 is 15.8 Å². The fourth-order valence-corrected chi connectivity index (χ4v) is 3.84. The zero-order valence-corrected chi connectivity index (χ0v) is 19.2. The molecule has 0 saturated carbocycles. The lowest BCUT2D eigenvalue weighted by molar-refractivity contribution is 0.100. The van der Waals surface area contributed by atoms with E-state index in [4.69, 9.17) is 15.7 Å². The van der Waals surface area contributed by atoms with Gasteiger partial charge in [0.25, 0.3) is 5.91 Å². The first-order valence-corrected chi connectivity index (χ1v) is 10.5. The molecule has 0 aliphatic carbocycles. The Kier molecular flexibility index (Phi) is 6.16. The SMILES string of the molecule is COc1cc(C#N)ccc1Cn1nc(C)c(NC(=O)c2cc(C(N)=O)c3ccc(F)cc3n2)c1C. The summed E-state index contributed by atoms with van der Waals surface area (Å²) in [5, 5.41) is 16.8. The molecule has 4 rings (SSSR count). The molecular weight excluding hydrogens is 451 g/mol. The molecule has 2 amide bonds. The molecule has 3 N–H and O–H groups in total. The third-order valence-electron chi connectivity index (χ3n) is 5.63. The second-order valence-corrected chi connectivity index (χ2v) is 7.88. The highest BCUT2D eigenvalue weighted by Crippen LogP contribution is 2.26. The summed E-state index contributed by atoms with van der Waals surface area (Å²) in [6, 6.07) is 12.2. The van der Waals surface area contributed by atoms with Gasteiger partial charge in [0, 0.05) is 17.0 Å². The minimum Gasteiger partial charge on any atom is -0.496 e. The summed E-state index contributed by atoms with van der Waals surface area (Å²) in [4.78, 5) is 29.2. The lowest BCUT2D eigenvalue weighted by atomic mass is 10.1. The number of rotatable bonds is 6. The Morgan fingerprint density at radius 1 is 1.20 bits per heavy atom. The Labute approximate surface area is 199 Å². The Morgan fingerprint density at radius 3 is 2.66 bits per heavy atom. The van der Waals surface area contributed by atoms with Crippen LogP contribution in [0, 0.1) is 31.0 Å². The van der Waals surface area contributed by atoms with Crippen molar-refractivity contribution in [3.8, 4) is 11.8 Å². The number of hydrogen-bond donors (Lipinski definition) is 2. The standard InChI is InChI=1S/C25H21FN6O3/c1-13-23(14(2)32(31-13)12-16-5-4-15(11-27)8-22(16)35-3)30-25(34)21-10-19(24(28)33)18-7-6-17(26)9-20(18)29-21/h4-10H,12H2,1-3H3,(H2,28,33)(H,30,34). The molecule has 4 aromatic rings. The normalized spacial score (nSPS) is 10.7. The maximum Gasteiger partial charge on any atom is 0.274 e. The fourth-order valence-electron chi connectivity index (χ4n) is 3.84. The highest BCUT2D eigenvalue weighted by atomic mass is 19.1. The molecule has 0 aliphatic heterocycles. The molecule has 2 heterocycles. The number of aromatic nitrogens is 3. The van der Waals surface area contributed by atoms with Gasteiger partial charge in [-0.25, -0.2) is 9.37 Å². The van der Waals surface area contributed by atoms with Gasteiger partial charge in [-0.1, -0.05) is 6.07 Å². The van der Waals surface area contributed by atoms with Gasteiger partial charge in [-0.2, -0.15) is 10.4 Å². The predicted molar refractivity (Wildman–Crippen MR) is 127 cm³/mol. The number of pyridine rings is 1. The summed E-state index contributed by atoms with van der Waals surface area (Å²) in [5.41, 5.74) is 8.58. The van der Waals surface area contributed by atoms with Crippen molar-refractivity contribution in [3.63, 3.8) is 0 Å². The van der Waals surface area contributed by atoms with Crippen molar-refractivity contribution in [3.05, 3.63) is 82.1 Å². The van der Waals surface area contributed by atoms with Gasteiger partial charge in [-0.3, -0.25) is 14.3 Å². The molecule has 176 valence electrons.